The van der Waals surface area contributed by atoms with E-state index < -0.39 is 35.6 Å². The molecule has 1 heterocycles. The molecule has 0 saturated carbocycles. The average Bonchev–Trinajstić information content (AvgIpc) is 2.84. The maximum Gasteiger partial charge on any atom is 0.319 e. The first-order valence-corrected chi connectivity index (χ1v) is 6.22. The van der Waals surface area contributed by atoms with Gasteiger partial charge in [-0.1, -0.05) is 0 Å². The molecule has 21 heavy (non-hydrogen) atoms. The fourth-order valence-electron chi connectivity index (χ4n) is 2.01. The normalized spacial score (nSPS) is 21.1. The molecule has 2 amide bonds. The number of carbonyl (C=O) groups is 2. The van der Waals surface area contributed by atoms with Crippen molar-refractivity contribution < 1.29 is 28.2 Å². The van der Waals surface area contributed by atoms with Crippen LogP contribution in [0.2, 0.25) is 0 Å². The van der Waals surface area contributed by atoms with Crippen molar-refractivity contribution in [1.82, 2.24) is 5.32 Å². The largest absolute Gasteiger partial charge is 0.481 e. The van der Waals surface area contributed by atoms with E-state index in [4.69, 9.17) is 9.84 Å². The third-order valence-electron chi connectivity index (χ3n) is 3.21. The minimum atomic E-state index is -1.09. The van der Waals surface area contributed by atoms with E-state index in [-0.39, 0.29) is 24.5 Å². The summed E-state index contributed by atoms with van der Waals surface area (Å²) >= 11 is 0. The van der Waals surface area contributed by atoms with Crippen LogP contribution in [-0.2, 0) is 9.53 Å². The van der Waals surface area contributed by atoms with Gasteiger partial charge in [0.05, 0.1) is 24.9 Å². The van der Waals surface area contributed by atoms with Crippen LogP contribution < -0.4 is 10.6 Å². The smallest absolute Gasteiger partial charge is 0.319 e. The van der Waals surface area contributed by atoms with Crippen LogP contribution in [0.4, 0.5) is 19.3 Å². The summed E-state index contributed by atoms with van der Waals surface area (Å²) < 4.78 is 31.9. The molecule has 2 atom stereocenters. The van der Waals surface area contributed by atoms with Crippen LogP contribution in [0.3, 0.4) is 0 Å². The van der Waals surface area contributed by atoms with Crippen molar-refractivity contribution in [2.24, 2.45) is 5.92 Å². The van der Waals surface area contributed by atoms with E-state index in [0.29, 0.717) is 0 Å². The molecule has 3 N–H and O–H groups in total. The van der Waals surface area contributed by atoms with Crippen LogP contribution in [-0.4, -0.2) is 36.4 Å². The summed E-state index contributed by atoms with van der Waals surface area (Å²) in [7, 11) is 0. The second kappa shape index (κ2) is 6.04. The van der Waals surface area contributed by atoms with Gasteiger partial charge in [-0.25, -0.2) is 13.6 Å². The number of benzene rings is 1. The molecule has 1 aliphatic rings. The molecule has 0 bridgehead atoms. The van der Waals surface area contributed by atoms with Gasteiger partial charge in [0.25, 0.3) is 0 Å². The van der Waals surface area contributed by atoms with Crippen molar-refractivity contribution in [3.8, 4) is 0 Å². The molecule has 0 radical (unpaired) electrons. The van der Waals surface area contributed by atoms with Crippen molar-refractivity contribution in [1.29, 1.82) is 0 Å². The monoisotopic (exact) mass is 300 g/mol. The number of rotatable bonds is 3. The lowest BCUT2D eigenvalue weighted by atomic mass is 10.0. The molecule has 1 saturated heterocycles. The molecule has 1 aromatic rings. The highest BCUT2D eigenvalue weighted by Crippen LogP contribution is 2.19. The number of urea groups is 1. The van der Waals surface area contributed by atoms with Gasteiger partial charge in [-0.15, -0.1) is 0 Å². The van der Waals surface area contributed by atoms with Gasteiger partial charge in [0.15, 0.2) is 0 Å². The maximum absolute atomic E-state index is 13.6. The predicted octanol–water partition coefficient (Wildman–Crippen LogP) is 1.49. The molecule has 1 aromatic carbocycles. The number of aryl methyl sites for hydroxylation is 1. The van der Waals surface area contributed by atoms with Crippen LogP contribution >= 0.6 is 0 Å². The molecule has 8 heteroatoms. The molecule has 114 valence electrons. The second-order valence-electron chi connectivity index (χ2n) is 4.77. The Hall–Kier alpha value is -2.22. The standard InChI is InChI=1S/C13H14F2N2O4/c1-6-2-9(15)10(3-8(6)14)16-13(20)17-11-5-21-4-7(11)12(18)19/h2-3,7,11H,4-5H2,1H3,(H,18,19)(H2,16,17,20). The first-order chi connectivity index (χ1) is 9.88. The van der Waals surface area contributed by atoms with Crippen molar-refractivity contribution in [3.05, 3.63) is 29.3 Å². The fourth-order valence-corrected chi connectivity index (χ4v) is 2.01. The fraction of sp³-hybridized carbons (Fsp3) is 0.385. The summed E-state index contributed by atoms with van der Waals surface area (Å²) in [6.07, 6.45) is 0. The highest BCUT2D eigenvalue weighted by atomic mass is 19.1. The third kappa shape index (κ3) is 3.46. The molecule has 0 aromatic heterocycles. The molecular weight excluding hydrogens is 286 g/mol. The van der Waals surface area contributed by atoms with Crippen molar-refractivity contribution in [2.75, 3.05) is 18.5 Å². The molecule has 2 rings (SSSR count). The Morgan fingerprint density at radius 3 is 2.67 bits per heavy atom. The van der Waals surface area contributed by atoms with E-state index >= 15 is 0 Å². The Kier molecular flexibility index (Phi) is 4.37. The Labute approximate surface area is 119 Å². The van der Waals surface area contributed by atoms with E-state index in [1.807, 2.05) is 0 Å². The molecule has 2 unspecified atom stereocenters. The highest BCUT2D eigenvalue weighted by Gasteiger charge is 2.35. The van der Waals surface area contributed by atoms with E-state index in [1.54, 1.807) is 0 Å². The van der Waals surface area contributed by atoms with Crippen LogP contribution in [0.1, 0.15) is 5.56 Å². The molecule has 0 aliphatic carbocycles. The van der Waals surface area contributed by atoms with Gasteiger partial charge in [-0.3, -0.25) is 4.79 Å². The topological polar surface area (TPSA) is 87.7 Å². The van der Waals surface area contributed by atoms with Gasteiger partial charge in [0.1, 0.15) is 17.6 Å². The summed E-state index contributed by atoms with van der Waals surface area (Å²) in [5, 5.41) is 13.5. The Bertz CT molecular complexity index is 580. The molecule has 0 spiro atoms. The van der Waals surface area contributed by atoms with E-state index in [9.17, 15) is 18.4 Å². The van der Waals surface area contributed by atoms with Crippen LogP contribution in [0.15, 0.2) is 12.1 Å². The number of ether oxygens (including phenoxy) is 1. The van der Waals surface area contributed by atoms with E-state index in [1.165, 1.54) is 6.92 Å². The Balaban J connectivity index is 2.02. The average molecular weight is 300 g/mol. The Morgan fingerprint density at radius 1 is 1.29 bits per heavy atom. The van der Waals surface area contributed by atoms with Crippen LogP contribution in [0.25, 0.3) is 0 Å². The number of halogens is 2. The van der Waals surface area contributed by atoms with Gasteiger partial charge in [0, 0.05) is 6.07 Å². The number of nitrogens with one attached hydrogen (secondary N) is 2. The van der Waals surface area contributed by atoms with Gasteiger partial charge >= 0.3 is 12.0 Å². The number of hydrogen-bond acceptors (Lipinski definition) is 3. The lowest BCUT2D eigenvalue weighted by Crippen LogP contribution is -2.44. The summed E-state index contributed by atoms with van der Waals surface area (Å²) in [6, 6.07) is 0.285. The summed E-state index contributed by atoms with van der Waals surface area (Å²) in [5.74, 6) is -3.39. The maximum atomic E-state index is 13.6. The van der Waals surface area contributed by atoms with Crippen molar-refractivity contribution in [2.45, 2.75) is 13.0 Å². The molecule has 1 fully saturated rings. The van der Waals surface area contributed by atoms with Crippen LogP contribution in [0.5, 0.6) is 0 Å². The molecular formula is C13H14F2N2O4. The highest BCUT2D eigenvalue weighted by molar-refractivity contribution is 5.90. The number of hydrogen-bond donors (Lipinski definition) is 3. The van der Waals surface area contributed by atoms with Gasteiger partial charge < -0.3 is 20.5 Å². The number of aliphatic carboxylic acids is 1. The number of carbonyl (C=O) groups excluding carboxylic acids is 1. The first-order valence-electron chi connectivity index (χ1n) is 6.22. The lowest BCUT2D eigenvalue weighted by Gasteiger charge is -2.16. The Morgan fingerprint density at radius 2 is 2.00 bits per heavy atom. The number of amides is 2. The number of carboxylic acid groups (broad SMARTS) is 1. The predicted molar refractivity (Wildman–Crippen MR) is 69.0 cm³/mol. The van der Waals surface area contributed by atoms with Gasteiger partial charge in [-0.05, 0) is 18.6 Å². The number of anilines is 1. The first kappa shape index (κ1) is 15.2. The third-order valence-corrected chi connectivity index (χ3v) is 3.21. The zero-order chi connectivity index (χ0) is 15.6. The molecule has 1 aliphatic heterocycles. The van der Waals surface area contributed by atoms with Gasteiger partial charge in [-0.2, -0.15) is 0 Å². The minimum Gasteiger partial charge on any atom is -0.481 e. The van der Waals surface area contributed by atoms with Crippen molar-refractivity contribution >= 4 is 17.7 Å². The summed E-state index contributed by atoms with van der Waals surface area (Å²) in [6.45, 7) is 1.44. The summed E-state index contributed by atoms with van der Waals surface area (Å²) in [4.78, 5) is 22.7. The minimum absolute atomic E-state index is 0.00615. The van der Waals surface area contributed by atoms with Crippen molar-refractivity contribution in [3.63, 3.8) is 0 Å². The number of carboxylic acids is 1. The lowest BCUT2D eigenvalue weighted by molar-refractivity contribution is -0.142. The molecule has 6 nitrogen and oxygen atoms in total. The summed E-state index contributed by atoms with van der Waals surface area (Å²) in [5.41, 5.74) is -0.199. The SMILES string of the molecule is Cc1cc(F)c(NC(=O)NC2COCC2C(=O)O)cc1F. The van der Waals surface area contributed by atoms with Crippen LogP contribution in [0, 0.1) is 24.5 Å². The quantitative estimate of drug-likeness (QED) is 0.789. The zero-order valence-corrected chi connectivity index (χ0v) is 11.2. The zero-order valence-electron chi connectivity index (χ0n) is 11.2. The van der Waals surface area contributed by atoms with Gasteiger partial charge in [0.2, 0.25) is 0 Å². The van der Waals surface area contributed by atoms with E-state index in [2.05, 4.69) is 10.6 Å². The second-order valence-corrected chi connectivity index (χ2v) is 4.77. The van der Waals surface area contributed by atoms with E-state index in [0.717, 1.165) is 12.1 Å².